The van der Waals surface area contributed by atoms with Gasteiger partial charge in [-0.05, 0) is 31.0 Å². The van der Waals surface area contributed by atoms with Gasteiger partial charge in [0.1, 0.15) is 0 Å². The molecule has 0 spiro atoms. The van der Waals surface area contributed by atoms with E-state index < -0.39 is 0 Å². The van der Waals surface area contributed by atoms with Gasteiger partial charge in [-0.3, -0.25) is 0 Å². The number of fused-ring (bicyclic) bond motifs is 1. The molecule has 0 saturated carbocycles. The van der Waals surface area contributed by atoms with Crippen LogP contribution in [-0.2, 0) is 0 Å². The van der Waals surface area contributed by atoms with Crippen molar-refractivity contribution >= 4 is 23.0 Å². The second-order valence-corrected chi connectivity index (χ2v) is 5.07. The summed E-state index contributed by atoms with van der Waals surface area (Å²) >= 11 is 6.41. The second kappa shape index (κ2) is 5.15. The zero-order valence-corrected chi connectivity index (χ0v) is 11.3. The molecule has 2 rings (SSSR count). The van der Waals surface area contributed by atoms with Crippen molar-refractivity contribution in [3.05, 3.63) is 22.7 Å². The van der Waals surface area contributed by atoms with Crippen LogP contribution in [0.4, 0.5) is 11.4 Å². The van der Waals surface area contributed by atoms with Gasteiger partial charge in [-0.25, -0.2) is 0 Å². The quantitative estimate of drug-likeness (QED) is 0.878. The first-order valence-electron chi connectivity index (χ1n) is 6.10. The maximum Gasteiger partial charge on any atom is 0.0793 e. The van der Waals surface area contributed by atoms with Crippen LogP contribution >= 0.6 is 11.6 Å². The summed E-state index contributed by atoms with van der Waals surface area (Å²) in [6, 6.07) is 4.24. The SMILES string of the molecule is Cc1cc(Cl)c2c(c1)N(C)CCCN2CCN. The van der Waals surface area contributed by atoms with Gasteiger partial charge in [0.25, 0.3) is 0 Å². The fourth-order valence-corrected chi connectivity index (χ4v) is 2.82. The van der Waals surface area contributed by atoms with Gasteiger partial charge < -0.3 is 15.5 Å². The normalized spacial score (nSPS) is 15.8. The standard InChI is InChI=1S/C13H20ClN3/c1-10-8-11(14)13-12(9-10)16(2)5-3-6-17(13)7-4-15/h8-9H,3-7,15H2,1-2H3. The lowest BCUT2D eigenvalue weighted by Gasteiger charge is -2.27. The fraction of sp³-hybridized carbons (Fsp3) is 0.538. The molecule has 0 aromatic heterocycles. The first-order chi connectivity index (χ1) is 8.13. The van der Waals surface area contributed by atoms with Gasteiger partial charge in [0.05, 0.1) is 16.4 Å². The van der Waals surface area contributed by atoms with E-state index in [4.69, 9.17) is 17.3 Å². The number of benzene rings is 1. The Hall–Kier alpha value is -0.930. The Bertz CT molecular complexity index is 406. The number of halogens is 1. The third-order valence-electron chi connectivity index (χ3n) is 3.24. The summed E-state index contributed by atoms with van der Waals surface area (Å²) in [6.45, 7) is 5.69. The lowest BCUT2D eigenvalue weighted by atomic mass is 10.1. The lowest BCUT2D eigenvalue weighted by Crippen LogP contribution is -2.30. The molecule has 0 aliphatic carbocycles. The summed E-state index contributed by atoms with van der Waals surface area (Å²) in [5.74, 6) is 0. The van der Waals surface area contributed by atoms with Gasteiger partial charge >= 0.3 is 0 Å². The van der Waals surface area contributed by atoms with E-state index in [-0.39, 0.29) is 0 Å². The molecule has 1 heterocycles. The number of hydrogen-bond donors (Lipinski definition) is 1. The van der Waals surface area contributed by atoms with E-state index in [1.807, 2.05) is 6.07 Å². The molecule has 1 aliphatic rings. The fourth-order valence-electron chi connectivity index (χ4n) is 2.43. The molecule has 1 aliphatic heterocycles. The van der Waals surface area contributed by atoms with Crippen LogP contribution in [0.25, 0.3) is 0 Å². The molecular formula is C13H20ClN3. The van der Waals surface area contributed by atoms with Crippen LogP contribution in [0, 0.1) is 6.92 Å². The number of hydrogen-bond acceptors (Lipinski definition) is 3. The Morgan fingerprint density at radius 2 is 2.12 bits per heavy atom. The first kappa shape index (κ1) is 12.5. The highest BCUT2D eigenvalue weighted by Crippen LogP contribution is 2.38. The van der Waals surface area contributed by atoms with E-state index in [0.29, 0.717) is 6.54 Å². The number of aryl methyl sites for hydroxylation is 1. The first-order valence-corrected chi connectivity index (χ1v) is 6.47. The van der Waals surface area contributed by atoms with Gasteiger partial charge in [0.2, 0.25) is 0 Å². The molecule has 17 heavy (non-hydrogen) atoms. The topological polar surface area (TPSA) is 32.5 Å². The molecule has 0 unspecified atom stereocenters. The van der Waals surface area contributed by atoms with Crippen LogP contribution in [0.2, 0.25) is 5.02 Å². The Morgan fingerprint density at radius 1 is 1.35 bits per heavy atom. The van der Waals surface area contributed by atoms with Gasteiger partial charge in [0.15, 0.2) is 0 Å². The van der Waals surface area contributed by atoms with Crippen LogP contribution < -0.4 is 15.5 Å². The highest BCUT2D eigenvalue weighted by atomic mass is 35.5. The maximum absolute atomic E-state index is 6.41. The minimum atomic E-state index is 0.660. The Balaban J connectivity index is 2.50. The summed E-state index contributed by atoms with van der Waals surface area (Å²) in [5, 5.41) is 0.835. The summed E-state index contributed by atoms with van der Waals surface area (Å²) in [4.78, 5) is 4.59. The molecule has 0 radical (unpaired) electrons. The molecule has 0 amide bonds. The van der Waals surface area contributed by atoms with E-state index in [2.05, 4.69) is 29.8 Å². The molecule has 1 aromatic rings. The predicted molar refractivity (Wildman–Crippen MR) is 75.3 cm³/mol. The van der Waals surface area contributed by atoms with E-state index in [1.165, 1.54) is 11.3 Å². The van der Waals surface area contributed by atoms with Gasteiger partial charge in [-0.15, -0.1) is 0 Å². The van der Waals surface area contributed by atoms with Crippen molar-refractivity contribution in [3.8, 4) is 0 Å². The number of nitrogens with two attached hydrogens (primary N) is 1. The molecule has 94 valence electrons. The maximum atomic E-state index is 6.41. The van der Waals surface area contributed by atoms with Crippen molar-refractivity contribution in [1.82, 2.24) is 0 Å². The van der Waals surface area contributed by atoms with E-state index in [1.54, 1.807) is 0 Å². The minimum absolute atomic E-state index is 0.660. The molecule has 3 nitrogen and oxygen atoms in total. The van der Waals surface area contributed by atoms with Crippen LogP contribution in [0.1, 0.15) is 12.0 Å². The Kier molecular flexibility index (Phi) is 3.79. The van der Waals surface area contributed by atoms with Crippen LogP contribution in [0.15, 0.2) is 12.1 Å². The van der Waals surface area contributed by atoms with E-state index >= 15 is 0 Å². The summed E-state index contributed by atoms with van der Waals surface area (Å²) in [6.07, 6.45) is 1.14. The minimum Gasteiger partial charge on any atom is -0.373 e. The van der Waals surface area contributed by atoms with E-state index in [0.717, 1.165) is 36.8 Å². The number of nitrogens with zero attached hydrogens (tertiary/aromatic N) is 2. The monoisotopic (exact) mass is 253 g/mol. The molecule has 0 fully saturated rings. The van der Waals surface area contributed by atoms with Crippen molar-refractivity contribution in [1.29, 1.82) is 0 Å². The summed E-state index contributed by atoms with van der Waals surface area (Å²) < 4.78 is 0. The largest absolute Gasteiger partial charge is 0.373 e. The average Bonchev–Trinajstić information content (AvgIpc) is 2.40. The van der Waals surface area contributed by atoms with Gasteiger partial charge in [0, 0.05) is 33.2 Å². The molecule has 2 N–H and O–H groups in total. The molecule has 4 heteroatoms. The Morgan fingerprint density at radius 3 is 2.82 bits per heavy atom. The van der Waals surface area contributed by atoms with Crippen molar-refractivity contribution in [2.24, 2.45) is 5.73 Å². The van der Waals surface area contributed by atoms with Crippen molar-refractivity contribution < 1.29 is 0 Å². The smallest absolute Gasteiger partial charge is 0.0793 e. The lowest BCUT2D eigenvalue weighted by molar-refractivity contribution is 0.741. The van der Waals surface area contributed by atoms with Gasteiger partial charge in [-0.1, -0.05) is 11.6 Å². The molecule has 0 saturated heterocycles. The van der Waals surface area contributed by atoms with Crippen molar-refractivity contribution in [2.45, 2.75) is 13.3 Å². The van der Waals surface area contributed by atoms with Crippen LogP contribution in [0.3, 0.4) is 0 Å². The van der Waals surface area contributed by atoms with Crippen LogP contribution in [-0.4, -0.2) is 33.2 Å². The zero-order valence-electron chi connectivity index (χ0n) is 10.5. The summed E-state index contributed by atoms with van der Waals surface area (Å²) in [5.41, 5.74) is 9.25. The van der Waals surface area contributed by atoms with Gasteiger partial charge in [-0.2, -0.15) is 0 Å². The Labute approximate surface area is 108 Å². The third-order valence-corrected chi connectivity index (χ3v) is 3.52. The summed E-state index contributed by atoms with van der Waals surface area (Å²) in [7, 11) is 2.13. The molecule has 1 aromatic carbocycles. The predicted octanol–water partition coefficient (Wildman–Crippen LogP) is 2.25. The molecule has 0 bridgehead atoms. The average molecular weight is 254 g/mol. The molecular weight excluding hydrogens is 234 g/mol. The number of anilines is 2. The third kappa shape index (κ3) is 2.50. The van der Waals surface area contributed by atoms with Crippen molar-refractivity contribution in [2.75, 3.05) is 43.0 Å². The highest BCUT2D eigenvalue weighted by Gasteiger charge is 2.20. The zero-order chi connectivity index (χ0) is 12.4. The highest BCUT2D eigenvalue weighted by molar-refractivity contribution is 6.34. The second-order valence-electron chi connectivity index (χ2n) is 4.67. The van der Waals surface area contributed by atoms with Crippen molar-refractivity contribution in [3.63, 3.8) is 0 Å². The number of rotatable bonds is 2. The molecule has 0 atom stereocenters. The van der Waals surface area contributed by atoms with E-state index in [9.17, 15) is 0 Å². The van der Waals surface area contributed by atoms with Crippen LogP contribution in [0.5, 0.6) is 0 Å².